The van der Waals surface area contributed by atoms with Gasteiger partial charge in [-0.25, -0.2) is 0 Å². The Morgan fingerprint density at radius 3 is 2.07 bits per heavy atom. The lowest BCUT2D eigenvalue weighted by molar-refractivity contribution is 0.548. The summed E-state index contributed by atoms with van der Waals surface area (Å²) in [6.45, 7) is 6.47. The van der Waals surface area contributed by atoms with Gasteiger partial charge >= 0.3 is 0 Å². The second kappa shape index (κ2) is 9.14. The number of fused-ring (bicyclic) bond motifs is 7. The van der Waals surface area contributed by atoms with E-state index in [1.807, 2.05) is 11.3 Å². The Hall–Kier alpha value is -4.72. The van der Waals surface area contributed by atoms with Gasteiger partial charge < -0.3 is 0 Å². The molecule has 1 aromatic heterocycles. The van der Waals surface area contributed by atoms with Gasteiger partial charge in [0.2, 0.25) is 0 Å². The maximum atomic E-state index is 4.17. The minimum absolute atomic E-state index is 0.0396. The molecule has 0 bridgehead atoms. The highest BCUT2D eigenvalue weighted by Gasteiger charge is 2.44. The SMILES string of the molecule is C=CC1=C(C)CC2(C1)c1ccccc1-c1ccc(-c3ccc(-c4cccc5c4sc4ccccc45)cc3)c3cccc2c13. The number of benzene rings is 6. The van der Waals surface area contributed by atoms with Crippen molar-refractivity contribution in [3.05, 3.63) is 156 Å². The van der Waals surface area contributed by atoms with E-state index in [0.29, 0.717) is 0 Å². The van der Waals surface area contributed by atoms with Crippen molar-refractivity contribution >= 4 is 42.3 Å². The minimum atomic E-state index is -0.0396. The molecule has 0 saturated carbocycles. The Bertz CT molecular complexity index is 2310. The first-order valence-electron chi connectivity index (χ1n) is 15.1. The molecule has 1 atom stereocenters. The van der Waals surface area contributed by atoms with Crippen molar-refractivity contribution in [2.45, 2.75) is 25.2 Å². The number of allylic oxidation sites excluding steroid dienone is 3. The summed E-state index contributed by atoms with van der Waals surface area (Å²) in [5.41, 5.74) is 13.6. The van der Waals surface area contributed by atoms with Crippen molar-refractivity contribution in [3.63, 3.8) is 0 Å². The first kappa shape index (κ1) is 24.8. The molecular formula is C42H30S. The molecular weight excluding hydrogens is 537 g/mol. The normalized spacial score (nSPS) is 17.3. The monoisotopic (exact) mass is 566 g/mol. The highest BCUT2D eigenvalue weighted by Crippen LogP contribution is 2.58. The van der Waals surface area contributed by atoms with Crippen LogP contribution in [0.15, 0.2) is 145 Å². The maximum Gasteiger partial charge on any atom is 0.0433 e. The van der Waals surface area contributed by atoms with Crippen LogP contribution < -0.4 is 0 Å². The summed E-state index contributed by atoms with van der Waals surface area (Å²) < 4.78 is 2.71. The Labute approximate surface area is 256 Å². The van der Waals surface area contributed by atoms with Gasteiger partial charge in [-0.15, -0.1) is 11.3 Å². The fourth-order valence-corrected chi connectivity index (χ4v) is 9.34. The molecule has 9 rings (SSSR count). The van der Waals surface area contributed by atoms with E-state index in [1.165, 1.54) is 86.6 Å². The van der Waals surface area contributed by atoms with E-state index in [0.717, 1.165) is 12.8 Å². The standard InChI is InChI=1S/C42H30S/c1-3-27-25-42(24-26(27)2)37-15-6-4-10-32(37)35-23-22-30(34-13-9-16-38(42)40(34)35)28-18-20-29(21-19-28)31-12-8-14-36-33-11-5-7-17-39(33)43-41(31)36/h3-23H,1,24-25H2,2H3. The molecule has 7 aromatic rings. The van der Waals surface area contributed by atoms with Crippen LogP contribution in [-0.2, 0) is 5.41 Å². The Morgan fingerprint density at radius 1 is 0.581 bits per heavy atom. The zero-order valence-electron chi connectivity index (χ0n) is 24.2. The second-order valence-electron chi connectivity index (χ2n) is 12.2. The Kier molecular flexibility index (Phi) is 5.28. The first-order chi connectivity index (χ1) is 21.2. The predicted molar refractivity (Wildman–Crippen MR) is 186 cm³/mol. The highest BCUT2D eigenvalue weighted by molar-refractivity contribution is 7.26. The minimum Gasteiger partial charge on any atom is -0.135 e. The summed E-state index contributed by atoms with van der Waals surface area (Å²) in [5, 5.41) is 5.44. The van der Waals surface area contributed by atoms with Gasteiger partial charge in [-0.1, -0.05) is 133 Å². The molecule has 0 nitrogen and oxygen atoms in total. The number of rotatable bonds is 3. The molecule has 0 aliphatic heterocycles. The Morgan fingerprint density at radius 2 is 1.23 bits per heavy atom. The van der Waals surface area contributed by atoms with Crippen molar-refractivity contribution in [3.8, 4) is 33.4 Å². The quantitative estimate of drug-likeness (QED) is 0.200. The average Bonchev–Trinajstić information content (AvgIpc) is 3.61. The summed E-state index contributed by atoms with van der Waals surface area (Å²) >= 11 is 1.89. The lowest BCUT2D eigenvalue weighted by Gasteiger charge is -2.39. The van der Waals surface area contributed by atoms with Crippen molar-refractivity contribution in [1.82, 2.24) is 0 Å². The van der Waals surface area contributed by atoms with E-state index in [4.69, 9.17) is 0 Å². The second-order valence-corrected chi connectivity index (χ2v) is 13.3. The lowest BCUT2D eigenvalue weighted by atomic mass is 9.64. The van der Waals surface area contributed by atoms with Crippen LogP contribution >= 0.6 is 11.3 Å². The molecule has 2 aliphatic rings. The van der Waals surface area contributed by atoms with E-state index in [-0.39, 0.29) is 5.41 Å². The predicted octanol–water partition coefficient (Wildman–Crippen LogP) is 12.1. The molecule has 204 valence electrons. The lowest BCUT2D eigenvalue weighted by Crippen LogP contribution is -2.28. The summed E-state index contributed by atoms with van der Waals surface area (Å²) in [4.78, 5) is 0. The van der Waals surface area contributed by atoms with Crippen LogP contribution in [-0.4, -0.2) is 0 Å². The van der Waals surface area contributed by atoms with Gasteiger partial charge in [0.15, 0.2) is 0 Å². The topological polar surface area (TPSA) is 0 Å². The van der Waals surface area contributed by atoms with Gasteiger partial charge in [0.1, 0.15) is 0 Å². The Balaban J connectivity index is 1.21. The van der Waals surface area contributed by atoms with Gasteiger partial charge in [-0.3, -0.25) is 0 Å². The fraction of sp³-hybridized carbons (Fsp3) is 0.0952. The molecule has 1 heteroatoms. The van der Waals surface area contributed by atoms with E-state index in [1.54, 1.807) is 0 Å². The van der Waals surface area contributed by atoms with E-state index >= 15 is 0 Å². The molecule has 43 heavy (non-hydrogen) atoms. The molecule has 6 aromatic carbocycles. The van der Waals surface area contributed by atoms with Crippen molar-refractivity contribution in [1.29, 1.82) is 0 Å². The van der Waals surface area contributed by atoms with Crippen LogP contribution in [0.25, 0.3) is 64.3 Å². The fourth-order valence-electron chi connectivity index (χ4n) is 8.10. The van der Waals surface area contributed by atoms with Crippen molar-refractivity contribution < 1.29 is 0 Å². The third kappa shape index (κ3) is 3.43. The summed E-state index contributed by atoms with van der Waals surface area (Å²) in [5.74, 6) is 0. The van der Waals surface area contributed by atoms with Crippen LogP contribution in [0.1, 0.15) is 30.9 Å². The molecule has 0 N–H and O–H groups in total. The van der Waals surface area contributed by atoms with Crippen LogP contribution in [0.2, 0.25) is 0 Å². The van der Waals surface area contributed by atoms with Gasteiger partial charge in [-0.2, -0.15) is 0 Å². The van der Waals surface area contributed by atoms with E-state index < -0.39 is 0 Å². The average molecular weight is 567 g/mol. The molecule has 0 fully saturated rings. The first-order valence-corrected chi connectivity index (χ1v) is 16.0. The molecule has 1 heterocycles. The molecule has 2 aliphatic carbocycles. The number of thiophene rings is 1. The highest BCUT2D eigenvalue weighted by atomic mass is 32.1. The molecule has 0 saturated heterocycles. The van der Waals surface area contributed by atoms with Crippen molar-refractivity contribution in [2.24, 2.45) is 0 Å². The van der Waals surface area contributed by atoms with Crippen molar-refractivity contribution in [2.75, 3.05) is 0 Å². The molecule has 0 amide bonds. The van der Waals surface area contributed by atoms with Crippen LogP contribution in [0.5, 0.6) is 0 Å². The van der Waals surface area contributed by atoms with Gasteiger partial charge in [0, 0.05) is 25.6 Å². The summed E-state index contributed by atoms with van der Waals surface area (Å²) in [7, 11) is 0. The number of hydrogen-bond donors (Lipinski definition) is 0. The summed E-state index contributed by atoms with van der Waals surface area (Å²) in [6, 6.07) is 45.5. The third-order valence-electron chi connectivity index (χ3n) is 10.1. The number of hydrogen-bond acceptors (Lipinski definition) is 1. The van der Waals surface area contributed by atoms with Gasteiger partial charge in [0.25, 0.3) is 0 Å². The van der Waals surface area contributed by atoms with Gasteiger partial charge in [-0.05, 0) is 86.7 Å². The molecule has 0 radical (unpaired) electrons. The summed E-state index contributed by atoms with van der Waals surface area (Å²) in [6.07, 6.45) is 4.14. The van der Waals surface area contributed by atoms with Crippen LogP contribution in [0.3, 0.4) is 0 Å². The smallest absolute Gasteiger partial charge is 0.0433 e. The zero-order chi connectivity index (χ0) is 28.7. The zero-order valence-corrected chi connectivity index (χ0v) is 25.0. The molecule has 1 spiro atoms. The molecule has 1 unspecified atom stereocenters. The third-order valence-corrected chi connectivity index (χ3v) is 11.3. The van der Waals surface area contributed by atoms with Crippen LogP contribution in [0.4, 0.5) is 0 Å². The maximum absolute atomic E-state index is 4.17. The van der Waals surface area contributed by atoms with E-state index in [9.17, 15) is 0 Å². The van der Waals surface area contributed by atoms with E-state index in [2.05, 4.69) is 141 Å². The van der Waals surface area contributed by atoms with Crippen LogP contribution in [0, 0.1) is 0 Å². The van der Waals surface area contributed by atoms with Gasteiger partial charge in [0.05, 0.1) is 0 Å². The largest absolute Gasteiger partial charge is 0.135 e.